The first kappa shape index (κ1) is 16.1. The molecule has 0 unspecified atom stereocenters. The van der Waals surface area contributed by atoms with E-state index in [1.807, 2.05) is 34.6 Å². The third-order valence-corrected chi connectivity index (χ3v) is 2.20. The fraction of sp³-hybridized carbons (Fsp3) is 0.571. The summed E-state index contributed by atoms with van der Waals surface area (Å²) in [5, 5.41) is 2.69. The van der Waals surface area contributed by atoms with Crippen molar-refractivity contribution in [3.8, 4) is 5.88 Å². The lowest BCUT2D eigenvalue weighted by Crippen LogP contribution is -2.40. The van der Waals surface area contributed by atoms with Crippen molar-refractivity contribution in [2.45, 2.75) is 46.3 Å². The zero-order valence-electron chi connectivity index (χ0n) is 12.7. The zero-order valence-corrected chi connectivity index (χ0v) is 12.7. The first-order chi connectivity index (χ1) is 9.15. The number of amides is 1. The van der Waals surface area contributed by atoms with Crippen LogP contribution in [0.15, 0.2) is 12.1 Å². The number of anilines is 1. The molecule has 1 rings (SSSR count). The monoisotopic (exact) mass is 281 g/mol. The maximum absolute atomic E-state index is 11.6. The molecule has 0 radical (unpaired) electrons. The molecule has 0 aliphatic carbocycles. The quantitative estimate of drug-likeness (QED) is 0.884. The molecule has 0 aliphatic rings. The summed E-state index contributed by atoms with van der Waals surface area (Å²) in [6, 6.07) is 3.20. The molecule has 6 heteroatoms. The highest BCUT2D eigenvalue weighted by Gasteiger charge is 2.17. The Morgan fingerprint density at radius 1 is 1.45 bits per heavy atom. The number of carbonyl (C=O) groups excluding carboxylic acids is 1. The Morgan fingerprint density at radius 2 is 2.10 bits per heavy atom. The molecule has 0 saturated carbocycles. The van der Waals surface area contributed by atoms with Crippen LogP contribution in [-0.4, -0.2) is 29.3 Å². The number of aromatic nitrogens is 1. The van der Waals surface area contributed by atoms with Crippen molar-refractivity contribution in [2.75, 3.05) is 12.3 Å². The maximum Gasteiger partial charge on any atom is 0.407 e. The minimum atomic E-state index is -0.517. The van der Waals surface area contributed by atoms with Gasteiger partial charge in [0.05, 0.1) is 6.04 Å². The largest absolute Gasteiger partial charge is 0.475 e. The van der Waals surface area contributed by atoms with Gasteiger partial charge in [-0.3, -0.25) is 0 Å². The van der Waals surface area contributed by atoms with Gasteiger partial charge in [-0.25, -0.2) is 9.78 Å². The minimum absolute atomic E-state index is 0.201. The Bertz CT molecular complexity index is 449. The van der Waals surface area contributed by atoms with E-state index in [2.05, 4.69) is 10.3 Å². The van der Waals surface area contributed by atoms with Crippen molar-refractivity contribution in [1.29, 1.82) is 0 Å². The molecule has 3 N–H and O–H groups in total. The molecule has 0 aromatic carbocycles. The Balaban J connectivity index is 2.43. The van der Waals surface area contributed by atoms with Crippen molar-refractivity contribution < 1.29 is 14.3 Å². The lowest BCUT2D eigenvalue weighted by atomic mass is 10.2. The van der Waals surface area contributed by atoms with Crippen LogP contribution in [0.25, 0.3) is 0 Å². The summed E-state index contributed by atoms with van der Waals surface area (Å²) < 4.78 is 10.7. The van der Waals surface area contributed by atoms with Gasteiger partial charge in [0.1, 0.15) is 12.2 Å². The minimum Gasteiger partial charge on any atom is -0.475 e. The van der Waals surface area contributed by atoms with E-state index in [4.69, 9.17) is 15.2 Å². The van der Waals surface area contributed by atoms with Gasteiger partial charge >= 0.3 is 6.09 Å². The third kappa shape index (κ3) is 6.26. The van der Waals surface area contributed by atoms with E-state index in [9.17, 15) is 4.79 Å². The van der Waals surface area contributed by atoms with Crippen LogP contribution in [0.1, 0.15) is 33.4 Å². The molecule has 0 saturated heterocycles. The van der Waals surface area contributed by atoms with Crippen molar-refractivity contribution >= 4 is 11.8 Å². The summed E-state index contributed by atoms with van der Waals surface area (Å²) in [7, 11) is 0. The fourth-order valence-corrected chi connectivity index (χ4v) is 1.50. The molecule has 20 heavy (non-hydrogen) atoms. The summed E-state index contributed by atoms with van der Waals surface area (Å²) in [5.41, 5.74) is 6.57. The van der Waals surface area contributed by atoms with Gasteiger partial charge in [-0.15, -0.1) is 0 Å². The van der Waals surface area contributed by atoms with E-state index in [0.29, 0.717) is 11.6 Å². The number of nitrogen functional groups attached to an aromatic ring is 1. The predicted octanol–water partition coefficient (Wildman–Crippen LogP) is 2.26. The van der Waals surface area contributed by atoms with E-state index in [-0.39, 0.29) is 12.6 Å². The number of hydrogen-bond donors (Lipinski definition) is 2. The lowest BCUT2D eigenvalue weighted by Gasteiger charge is -2.22. The second kappa shape index (κ2) is 6.45. The van der Waals surface area contributed by atoms with Gasteiger partial charge in [0, 0.05) is 17.4 Å². The number of nitrogens with two attached hydrogens (primary N) is 1. The van der Waals surface area contributed by atoms with E-state index in [0.717, 1.165) is 5.69 Å². The van der Waals surface area contributed by atoms with Crippen LogP contribution in [0, 0.1) is 6.92 Å². The molecular formula is C14H23N3O3. The number of carbonyl (C=O) groups is 1. The number of nitrogens with one attached hydrogen (secondary N) is 1. The zero-order chi connectivity index (χ0) is 15.3. The molecule has 1 amide bonds. The molecular weight excluding hydrogens is 258 g/mol. The summed E-state index contributed by atoms with van der Waals surface area (Å²) in [4.78, 5) is 15.8. The van der Waals surface area contributed by atoms with Crippen molar-refractivity contribution in [2.24, 2.45) is 0 Å². The highest BCUT2D eigenvalue weighted by Crippen LogP contribution is 2.14. The number of nitrogens with zero attached hydrogens (tertiary/aromatic N) is 1. The molecule has 0 bridgehead atoms. The molecule has 1 aromatic rings. The molecule has 1 aromatic heterocycles. The topological polar surface area (TPSA) is 86.5 Å². The number of pyridine rings is 1. The second-order valence-electron chi connectivity index (χ2n) is 5.74. The lowest BCUT2D eigenvalue weighted by molar-refractivity contribution is 0.0493. The van der Waals surface area contributed by atoms with E-state index >= 15 is 0 Å². The van der Waals surface area contributed by atoms with Crippen LogP contribution in [0.2, 0.25) is 0 Å². The summed E-state index contributed by atoms with van der Waals surface area (Å²) in [6.45, 7) is 9.39. The highest BCUT2D eigenvalue weighted by atomic mass is 16.6. The molecule has 0 spiro atoms. The van der Waals surface area contributed by atoms with Crippen LogP contribution in [0.3, 0.4) is 0 Å². The van der Waals surface area contributed by atoms with Gasteiger partial charge in [0.2, 0.25) is 5.88 Å². The molecule has 0 fully saturated rings. The Kier molecular flexibility index (Phi) is 5.19. The van der Waals surface area contributed by atoms with Crippen LogP contribution < -0.4 is 15.8 Å². The Labute approximate surface area is 119 Å². The van der Waals surface area contributed by atoms with Crippen LogP contribution in [0.5, 0.6) is 5.88 Å². The Morgan fingerprint density at radius 3 is 2.65 bits per heavy atom. The first-order valence-electron chi connectivity index (χ1n) is 6.52. The van der Waals surface area contributed by atoms with Gasteiger partial charge in [0.25, 0.3) is 0 Å². The van der Waals surface area contributed by atoms with Gasteiger partial charge in [-0.1, -0.05) is 0 Å². The first-order valence-corrected chi connectivity index (χ1v) is 6.52. The molecule has 112 valence electrons. The Hall–Kier alpha value is -1.98. The van der Waals surface area contributed by atoms with E-state index in [1.54, 1.807) is 12.1 Å². The smallest absolute Gasteiger partial charge is 0.407 e. The van der Waals surface area contributed by atoms with E-state index < -0.39 is 11.7 Å². The normalized spacial score (nSPS) is 12.7. The van der Waals surface area contributed by atoms with Gasteiger partial charge in [0.15, 0.2) is 0 Å². The SMILES string of the molecule is Cc1cc(N)cc(OC[C@H](C)NC(=O)OC(C)(C)C)n1. The highest BCUT2D eigenvalue weighted by molar-refractivity contribution is 5.68. The van der Waals surface area contributed by atoms with Crippen molar-refractivity contribution in [3.05, 3.63) is 17.8 Å². The number of rotatable bonds is 4. The average molecular weight is 281 g/mol. The molecule has 6 nitrogen and oxygen atoms in total. The fourth-order valence-electron chi connectivity index (χ4n) is 1.50. The van der Waals surface area contributed by atoms with Crippen LogP contribution >= 0.6 is 0 Å². The number of hydrogen-bond acceptors (Lipinski definition) is 5. The van der Waals surface area contributed by atoms with Gasteiger partial charge in [-0.05, 0) is 40.7 Å². The van der Waals surface area contributed by atoms with Crippen LogP contribution in [0.4, 0.5) is 10.5 Å². The number of alkyl carbamates (subject to hydrolysis) is 1. The maximum atomic E-state index is 11.6. The molecule has 0 aliphatic heterocycles. The second-order valence-corrected chi connectivity index (χ2v) is 5.74. The third-order valence-electron chi connectivity index (χ3n) is 2.20. The van der Waals surface area contributed by atoms with Gasteiger partial charge in [-0.2, -0.15) is 0 Å². The van der Waals surface area contributed by atoms with E-state index in [1.165, 1.54) is 0 Å². The standard InChI is InChI=1S/C14H23N3O3/c1-9-6-11(15)7-12(16-9)19-8-10(2)17-13(18)20-14(3,4)5/h6-7,10H,8H2,1-5H3,(H2,15,16)(H,17,18)/t10-/m0/s1. The number of aryl methyl sites for hydroxylation is 1. The summed E-state index contributed by atoms with van der Waals surface area (Å²) in [5.74, 6) is 0.445. The average Bonchev–Trinajstić information content (AvgIpc) is 2.22. The number of ether oxygens (including phenoxy) is 2. The van der Waals surface area contributed by atoms with Crippen LogP contribution in [-0.2, 0) is 4.74 Å². The molecule has 1 heterocycles. The summed E-state index contributed by atoms with van der Waals surface area (Å²) in [6.07, 6.45) is -0.467. The predicted molar refractivity (Wildman–Crippen MR) is 77.7 cm³/mol. The molecule has 1 atom stereocenters. The summed E-state index contributed by atoms with van der Waals surface area (Å²) >= 11 is 0. The van der Waals surface area contributed by atoms with Crippen molar-refractivity contribution in [3.63, 3.8) is 0 Å². The van der Waals surface area contributed by atoms with Gasteiger partial charge < -0.3 is 20.5 Å². The van der Waals surface area contributed by atoms with Crippen molar-refractivity contribution in [1.82, 2.24) is 10.3 Å².